The molecule has 0 bridgehead atoms. The summed E-state index contributed by atoms with van der Waals surface area (Å²) in [6.07, 6.45) is 0. The third-order valence-electron chi connectivity index (χ3n) is 10.4. The molecule has 5 heteroatoms. The predicted octanol–water partition coefficient (Wildman–Crippen LogP) is 13.2. The largest absolute Gasteiger partial charge is 0.456 e. The highest BCUT2D eigenvalue weighted by Crippen LogP contribution is 2.42. The Morgan fingerprint density at radius 3 is 1.54 bits per heavy atom. The fourth-order valence-electron chi connectivity index (χ4n) is 7.90. The van der Waals surface area contributed by atoms with Crippen LogP contribution in [0, 0.1) is 0 Å². The maximum atomic E-state index is 6.44. The van der Waals surface area contributed by atoms with Crippen molar-refractivity contribution >= 4 is 54.6 Å². The maximum absolute atomic E-state index is 6.44. The van der Waals surface area contributed by atoms with Gasteiger partial charge in [-0.15, -0.1) is 0 Å². The molecule has 3 aromatic heterocycles. The molecule has 11 aromatic rings. The zero-order valence-corrected chi connectivity index (χ0v) is 28.9. The van der Waals surface area contributed by atoms with Gasteiger partial charge in [0.1, 0.15) is 22.3 Å². The van der Waals surface area contributed by atoms with Crippen LogP contribution in [0.3, 0.4) is 0 Å². The van der Waals surface area contributed by atoms with Crippen molar-refractivity contribution in [2.24, 2.45) is 0 Å². The minimum Gasteiger partial charge on any atom is -0.456 e. The summed E-state index contributed by atoms with van der Waals surface area (Å²) >= 11 is 0. The summed E-state index contributed by atoms with van der Waals surface area (Å²) in [5.74, 6) is 1.80. The van der Waals surface area contributed by atoms with Gasteiger partial charge in [0.15, 0.2) is 17.5 Å². The lowest BCUT2D eigenvalue weighted by Crippen LogP contribution is -2.01. The minimum absolute atomic E-state index is 0.591. The van der Waals surface area contributed by atoms with Crippen molar-refractivity contribution in [3.05, 3.63) is 176 Å². The van der Waals surface area contributed by atoms with Gasteiger partial charge in [0.25, 0.3) is 0 Å². The first-order valence-electron chi connectivity index (χ1n) is 18.0. The Hall–Kier alpha value is -7.37. The number of nitrogens with zero attached hydrogens (tertiary/aromatic N) is 3. The quantitative estimate of drug-likeness (QED) is 0.180. The van der Waals surface area contributed by atoms with E-state index in [-0.39, 0.29) is 0 Å². The average Bonchev–Trinajstić information content (AvgIpc) is 3.82. The van der Waals surface area contributed by atoms with Crippen LogP contribution in [0.2, 0.25) is 0 Å². The van der Waals surface area contributed by atoms with Crippen molar-refractivity contribution in [1.29, 1.82) is 0 Å². The van der Waals surface area contributed by atoms with Crippen molar-refractivity contribution in [2.45, 2.75) is 0 Å². The van der Waals surface area contributed by atoms with Crippen molar-refractivity contribution in [1.82, 2.24) is 15.0 Å². The van der Waals surface area contributed by atoms with Gasteiger partial charge in [-0.05, 0) is 63.4 Å². The first-order valence-corrected chi connectivity index (χ1v) is 18.0. The number of hydrogen-bond donors (Lipinski definition) is 0. The molecule has 0 saturated carbocycles. The molecule has 0 amide bonds. The molecule has 54 heavy (non-hydrogen) atoms. The Kier molecular flexibility index (Phi) is 6.79. The third kappa shape index (κ3) is 4.83. The second-order valence-corrected chi connectivity index (χ2v) is 13.5. The van der Waals surface area contributed by atoms with Gasteiger partial charge in [0, 0.05) is 38.2 Å². The van der Waals surface area contributed by atoms with Gasteiger partial charge in [0.05, 0.1) is 0 Å². The molecule has 252 valence electrons. The topological polar surface area (TPSA) is 65.0 Å². The molecule has 11 rings (SSSR count). The molecule has 0 N–H and O–H groups in total. The lowest BCUT2D eigenvalue weighted by molar-refractivity contribution is 0.668. The van der Waals surface area contributed by atoms with Crippen LogP contribution in [0.4, 0.5) is 0 Å². The van der Waals surface area contributed by atoms with E-state index < -0.39 is 0 Å². The van der Waals surface area contributed by atoms with E-state index in [0.717, 1.165) is 88.0 Å². The molecule has 0 aliphatic heterocycles. The SMILES string of the molecule is c1ccc(-c2ccc3oc4cccc(-c5cccc6c(-c7nc(-c8ccccc8)nc(-c8cccc9oc%10ccccc%10c89)n7)cccc56)c4c3c2)cc1. The normalized spacial score (nSPS) is 11.7. The Labute approximate surface area is 309 Å². The molecule has 8 aromatic carbocycles. The van der Waals surface area contributed by atoms with Crippen LogP contribution in [0.15, 0.2) is 185 Å². The summed E-state index contributed by atoms with van der Waals surface area (Å²) in [5.41, 5.74) is 10.6. The summed E-state index contributed by atoms with van der Waals surface area (Å²) < 4.78 is 12.7. The highest BCUT2D eigenvalue weighted by molar-refractivity contribution is 6.17. The van der Waals surface area contributed by atoms with E-state index in [4.69, 9.17) is 23.8 Å². The van der Waals surface area contributed by atoms with Crippen LogP contribution < -0.4 is 0 Å². The molecule has 0 spiro atoms. The molecular formula is C49H29N3O2. The maximum Gasteiger partial charge on any atom is 0.164 e. The van der Waals surface area contributed by atoms with Gasteiger partial charge < -0.3 is 8.83 Å². The van der Waals surface area contributed by atoms with E-state index in [1.807, 2.05) is 66.7 Å². The summed E-state index contributed by atoms with van der Waals surface area (Å²) in [4.78, 5) is 15.5. The molecule has 0 aliphatic carbocycles. The van der Waals surface area contributed by atoms with Crippen LogP contribution >= 0.6 is 0 Å². The fraction of sp³-hybridized carbons (Fsp3) is 0. The Morgan fingerprint density at radius 1 is 0.278 bits per heavy atom. The number of furan rings is 2. The molecule has 5 nitrogen and oxygen atoms in total. The van der Waals surface area contributed by atoms with Gasteiger partial charge in [-0.2, -0.15) is 0 Å². The lowest BCUT2D eigenvalue weighted by Gasteiger charge is -2.13. The standard InChI is InChI=1S/C49H29N3O2/c1-3-13-30(14-4-1)32-27-28-42-40(29-32)45-36(21-11-25-43(45)54-42)34-19-9-20-35-33(34)18-10-22-37(35)48-50-47(31-15-5-2-6-16-31)51-49(52-48)39-23-12-26-44-46(39)38-17-7-8-24-41(38)53-44/h1-29H. The molecule has 0 unspecified atom stereocenters. The number of hydrogen-bond acceptors (Lipinski definition) is 5. The van der Waals surface area contributed by atoms with Crippen molar-refractivity contribution in [3.63, 3.8) is 0 Å². The highest BCUT2D eigenvalue weighted by atomic mass is 16.3. The van der Waals surface area contributed by atoms with Gasteiger partial charge in [0.2, 0.25) is 0 Å². The Morgan fingerprint density at radius 2 is 0.778 bits per heavy atom. The number of benzene rings is 8. The number of aromatic nitrogens is 3. The van der Waals surface area contributed by atoms with Crippen LogP contribution in [0.5, 0.6) is 0 Å². The second kappa shape index (κ2) is 12.1. The highest BCUT2D eigenvalue weighted by Gasteiger charge is 2.20. The summed E-state index contributed by atoms with van der Waals surface area (Å²) in [5, 5.41) is 6.34. The summed E-state index contributed by atoms with van der Waals surface area (Å²) in [6, 6.07) is 60.4. The molecule has 3 heterocycles. The van der Waals surface area contributed by atoms with E-state index in [1.54, 1.807) is 0 Å². The molecule has 0 atom stereocenters. The van der Waals surface area contributed by atoms with Gasteiger partial charge in [-0.3, -0.25) is 0 Å². The number of rotatable bonds is 5. The molecule has 0 fully saturated rings. The number of para-hydroxylation sites is 1. The summed E-state index contributed by atoms with van der Waals surface area (Å²) in [7, 11) is 0. The van der Waals surface area contributed by atoms with Crippen LogP contribution in [0.1, 0.15) is 0 Å². The third-order valence-corrected chi connectivity index (χ3v) is 10.4. The smallest absolute Gasteiger partial charge is 0.164 e. The molecular weight excluding hydrogens is 663 g/mol. The minimum atomic E-state index is 0.591. The average molecular weight is 692 g/mol. The van der Waals surface area contributed by atoms with Crippen LogP contribution in [0.25, 0.3) is 111 Å². The zero-order valence-electron chi connectivity index (χ0n) is 28.9. The van der Waals surface area contributed by atoms with Crippen molar-refractivity contribution < 1.29 is 8.83 Å². The monoisotopic (exact) mass is 691 g/mol. The lowest BCUT2D eigenvalue weighted by atomic mass is 9.92. The van der Waals surface area contributed by atoms with Crippen LogP contribution in [-0.4, -0.2) is 15.0 Å². The van der Waals surface area contributed by atoms with Gasteiger partial charge in [-0.1, -0.05) is 146 Å². The van der Waals surface area contributed by atoms with Crippen molar-refractivity contribution in [2.75, 3.05) is 0 Å². The Balaban J connectivity index is 1.13. The van der Waals surface area contributed by atoms with Crippen LogP contribution in [-0.2, 0) is 0 Å². The molecule has 0 aliphatic rings. The first kappa shape index (κ1) is 30.3. The summed E-state index contributed by atoms with van der Waals surface area (Å²) in [6.45, 7) is 0. The first-order chi connectivity index (χ1) is 26.8. The van der Waals surface area contributed by atoms with E-state index >= 15 is 0 Å². The molecule has 0 radical (unpaired) electrons. The van der Waals surface area contributed by atoms with Crippen molar-refractivity contribution in [3.8, 4) is 56.4 Å². The molecule has 0 saturated heterocycles. The second-order valence-electron chi connectivity index (χ2n) is 13.5. The van der Waals surface area contributed by atoms with E-state index in [2.05, 4.69) is 109 Å². The Bertz CT molecular complexity index is 3220. The van der Waals surface area contributed by atoms with E-state index in [1.165, 1.54) is 5.56 Å². The predicted molar refractivity (Wildman–Crippen MR) is 219 cm³/mol. The zero-order chi connectivity index (χ0) is 35.6. The number of fused-ring (bicyclic) bond motifs is 7. The van der Waals surface area contributed by atoms with Gasteiger partial charge >= 0.3 is 0 Å². The fourth-order valence-corrected chi connectivity index (χ4v) is 7.90. The van der Waals surface area contributed by atoms with E-state index in [0.29, 0.717) is 17.5 Å². The van der Waals surface area contributed by atoms with E-state index in [9.17, 15) is 0 Å². The van der Waals surface area contributed by atoms with Gasteiger partial charge in [-0.25, -0.2) is 15.0 Å².